The van der Waals surface area contributed by atoms with Crippen molar-refractivity contribution in [3.63, 3.8) is 0 Å². The van der Waals surface area contributed by atoms with Crippen LogP contribution in [0.1, 0.15) is 12.8 Å². The van der Waals surface area contributed by atoms with Gasteiger partial charge in [0.15, 0.2) is 6.61 Å². The zero-order valence-corrected chi connectivity index (χ0v) is 11.2. The van der Waals surface area contributed by atoms with Crippen molar-refractivity contribution in [3.8, 4) is 5.75 Å². The Kier molecular flexibility index (Phi) is 4.92. The van der Waals surface area contributed by atoms with Crippen molar-refractivity contribution in [1.82, 2.24) is 5.32 Å². The molecule has 1 aliphatic rings. The van der Waals surface area contributed by atoms with Gasteiger partial charge in [-0.05, 0) is 25.0 Å². The summed E-state index contributed by atoms with van der Waals surface area (Å²) in [7, 11) is 1.53. The first-order chi connectivity index (χ1) is 9.60. The number of rotatable bonds is 5. The largest absolute Gasteiger partial charge is 0.484 e. The lowest BCUT2D eigenvalue weighted by atomic mass is 10.2. The molecule has 1 aliphatic carbocycles. The molecule has 1 amide bonds. The minimum Gasteiger partial charge on any atom is -0.484 e. The number of aliphatic hydroxyl groups is 1. The van der Waals surface area contributed by atoms with Gasteiger partial charge in [0.05, 0.1) is 12.1 Å². The maximum atomic E-state index is 12.9. The lowest BCUT2D eigenvalue weighted by Crippen LogP contribution is -2.45. The number of hydrogen-bond acceptors (Lipinski definition) is 4. The molecule has 110 valence electrons. The number of ether oxygens (including phenoxy) is 2. The standard InChI is InChI=1S/C14H18FNO4/c1-19-12-6-5-11(14(12)18)16-13(17)8-20-10-4-2-3-9(15)7-10/h2-4,7,11-12,14,18H,5-6,8H2,1H3,(H,16,17)/t11-,12-,14-/m1/s1. The van der Waals surface area contributed by atoms with Gasteiger partial charge in [0.25, 0.3) is 5.91 Å². The van der Waals surface area contributed by atoms with Crippen LogP contribution in [0.5, 0.6) is 5.75 Å². The molecule has 20 heavy (non-hydrogen) atoms. The van der Waals surface area contributed by atoms with E-state index in [1.165, 1.54) is 25.3 Å². The summed E-state index contributed by atoms with van der Waals surface area (Å²) in [6.45, 7) is -0.218. The van der Waals surface area contributed by atoms with Crippen LogP contribution < -0.4 is 10.1 Å². The minimum atomic E-state index is -0.710. The van der Waals surface area contributed by atoms with E-state index in [2.05, 4.69) is 5.32 Å². The van der Waals surface area contributed by atoms with Gasteiger partial charge < -0.3 is 19.9 Å². The third-order valence-electron chi connectivity index (χ3n) is 3.37. The molecule has 0 bridgehead atoms. The number of benzene rings is 1. The van der Waals surface area contributed by atoms with Crippen LogP contribution in [0.4, 0.5) is 4.39 Å². The fraction of sp³-hybridized carbons (Fsp3) is 0.500. The monoisotopic (exact) mass is 283 g/mol. The lowest BCUT2D eigenvalue weighted by molar-refractivity contribution is -0.124. The summed E-state index contributed by atoms with van der Waals surface area (Å²) >= 11 is 0. The summed E-state index contributed by atoms with van der Waals surface area (Å²) in [6, 6.07) is 5.25. The fourth-order valence-electron chi connectivity index (χ4n) is 2.31. The third kappa shape index (κ3) is 3.68. The predicted octanol–water partition coefficient (Wildman–Crippen LogP) is 0.859. The fourth-order valence-corrected chi connectivity index (χ4v) is 2.31. The van der Waals surface area contributed by atoms with Crippen molar-refractivity contribution < 1.29 is 23.8 Å². The van der Waals surface area contributed by atoms with Gasteiger partial charge >= 0.3 is 0 Å². The van der Waals surface area contributed by atoms with E-state index in [0.29, 0.717) is 18.6 Å². The molecule has 1 aromatic rings. The Morgan fingerprint density at radius 1 is 1.50 bits per heavy atom. The molecule has 1 fully saturated rings. The molecule has 2 rings (SSSR count). The Hall–Kier alpha value is -1.66. The molecule has 0 aliphatic heterocycles. The molecular formula is C14H18FNO4. The van der Waals surface area contributed by atoms with E-state index in [4.69, 9.17) is 9.47 Å². The van der Waals surface area contributed by atoms with E-state index in [1.54, 1.807) is 6.07 Å². The van der Waals surface area contributed by atoms with Crippen LogP contribution in [0.15, 0.2) is 24.3 Å². The van der Waals surface area contributed by atoms with E-state index >= 15 is 0 Å². The summed E-state index contributed by atoms with van der Waals surface area (Å²) in [5.74, 6) is -0.478. The molecule has 2 N–H and O–H groups in total. The molecular weight excluding hydrogens is 265 g/mol. The topological polar surface area (TPSA) is 67.8 Å². The molecule has 1 saturated carbocycles. The predicted molar refractivity (Wildman–Crippen MR) is 69.9 cm³/mol. The van der Waals surface area contributed by atoms with Gasteiger partial charge in [0, 0.05) is 13.2 Å². The summed E-state index contributed by atoms with van der Waals surface area (Å²) in [5, 5.41) is 12.6. The van der Waals surface area contributed by atoms with Crippen molar-refractivity contribution in [2.45, 2.75) is 31.1 Å². The average Bonchev–Trinajstić information content (AvgIpc) is 2.77. The number of carbonyl (C=O) groups is 1. The Morgan fingerprint density at radius 3 is 2.95 bits per heavy atom. The van der Waals surface area contributed by atoms with Crippen LogP contribution in [0.25, 0.3) is 0 Å². The van der Waals surface area contributed by atoms with Crippen LogP contribution in [-0.4, -0.2) is 43.0 Å². The molecule has 0 unspecified atom stereocenters. The van der Waals surface area contributed by atoms with Crippen LogP contribution in [0, 0.1) is 5.82 Å². The summed E-state index contributed by atoms with van der Waals surface area (Å²) in [5.41, 5.74) is 0. The van der Waals surface area contributed by atoms with Crippen molar-refractivity contribution in [1.29, 1.82) is 0 Å². The number of halogens is 1. The first kappa shape index (κ1) is 14.7. The molecule has 0 heterocycles. The average molecular weight is 283 g/mol. The zero-order chi connectivity index (χ0) is 14.5. The molecule has 0 aromatic heterocycles. The van der Waals surface area contributed by atoms with Gasteiger partial charge in [-0.1, -0.05) is 6.07 Å². The Morgan fingerprint density at radius 2 is 2.30 bits per heavy atom. The van der Waals surface area contributed by atoms with E-state index in [9.17, 15) is 14.3 Å². The number of carbonyl (C=O) groups excluding carboxylic acids is 1. The van der Waals surface area contributed by atoms with Gasteiger partial charge in [0.2, 0.25) is 0 Å². The molecule has 0 radical (unpaired) electrons. The second-order valence-electron chi connectivity index (χ2n) is 4.76. The minimum absolute atomic E-state index is 0.218. The Labute approximate surface area is 116 Å². The van der Waals surface area contributed by atoms with Gasteiger partial charge in [0.1, 0.15) is 17.7 Å². The van der Waals surface area contributed by atoms with Gasteiger partial charge in [-0.3, -0.25) is 4.79 Å². The normalized spacial score (nSPS) is 25.4. The quantitative estimate of drug-likeness (QED) is 0.841. The van der Waals surface area contributed by atoms with Crippen molar-refractivity contribution in [2.75, 3.05) is 13.7 Å². The van der Waals surface area contributed by atoms with E-state index in [-0.39, 0.29) is 24.7 Å². The van der Waals surface area contributed by atoms with Gasteiger partial charge in [-0.15, -0.1) is 0 Å². The SMILES string of the molecule is CO[C@@H]1CC[C@@H](NC(=O)COc2cccc(F)c2)[C@H]1O. The number of methoxy groups -OCH3 is 1. The molecule has 5 nitrogen and oxygen atoms in total. The smallest absolute Gasteiger partial charge is 0.258 e. The Balaban J connectivity index is 1.79. The number of hydrogen-bond donors (Lipinski definition) is 2. The molecule has 3 atom stereocenters. The first-order valence-electron chi connectivity index (χ1n) is 6.48. The highest BCUT2D eigenvalue weighted by Crippen LogP contribution is 2.22. The highest BCUT2D eigenvalue weighted by Gasteiger charge is 2.35. The zero-order valence-electron chi connectivity index (χ0n) is 11.2. The second-order valence-corrected chi connectivity index (χ2v) is 4.76. The summed E-state index contributed by atoms with van der Waals surface area (Å²) in [4.78, 5) is 11.7. The van der Waals surface area contributed by atoms with Gasteiger partial charge in [-0.25, -0.2) is 4.39 Å². The second kappa shape index (κ2) is 6.67. The van der Waals surface area contributed by atoms with Crippen molar-refractivity contribution in [2.24, 2.45) is 0 Å². The van der Waals surface area contributed by atoms with E-state index < -0.39 is 11.9 Å². The van der Waals surface area contributed by atoms with E-state index in [1.807, 2.05) is 0 Å². The van der Waals surface area contributed by atoms with Crippen LogP contribution in [0.2, 0.25) is 0 Å². The number of aliphatic hydroxyl groups excluding tert-OH is 1. The Bertz CT molecular complexity index is 468. The summed E-state index contributed by atoms with van der Waals surface area (Å²) < 4.78 is 23.2. The highest BCUT2D eigenvalue weighted by atomic mass is 19.1. The van der Waals surface area contributed by atoms with Crippen molar-refractivity contribution in [3.05, 3.63) is 30.1 Å². The van der Waals surface area contributed by atoms with Crippen LogP contribution in [0.3, 0.4) is 0 Å². The number of amides is 1. The maximum Gasteiger partial charge on any atom is 0.258 e. The summed E-state index contributed by atoms with van der Waals surface area (Å²) in [6.07, 6.45) is 0.404. The highest BCUT2D eigenvalue weighted by molar-refractivity contribution is 5.78. The third-order valence-corrected chi connectivity index (χ3v) is 3.37. The van der Waals surface area contributed by atoms with E-state index in [0.717, 1.165) is 0 Å². The van der Waals surface area contributed by atoms with Gasteiger partial charge in [-0.2, -0.15) is 0 Å². The molecule has 0 saturated heterocycles. The molecule has 0 spiro atoms. The van der Waals surface area contributed by atoms with Crippen LogP contribution >= 0.6 is 0 Å². The number of nitrogens with one attached hydrogen (secondary N) is 1. The lowest BCUT2D eigenvalue weighted by Gasteiger charge is -2.19. The molecule has 6 heteroatoms. The van der Waals surface area contributed by atoms with Crippen LogP contribution in [-0.2, 0) is 9.53 Å². The molecule has 1 aromatic carbocycles. The van der Waals surface area contributed by atoms with Crippen molar-refractivity contribution >= 4 is 5.91 Å². The maximum absolute atomic E-state index is 12.9. The first-order valence-corrected chi connectivity index (χ1v) is 6.48.